The fraction of sp³-hybridized carbons (Fsp3) is 0.435. The standard InChI is InChI=1S/C23H29N3O2/c1-4-18-9-7-8-14-26(18)23(28)17-12-13-24-21(15-17)22(27)25-20-11-6-5-10-19(20)16(2)3/h5-6,10-13,15-16,18H,4,7-9,14H2,1-3H3,(H,25,27). The first-order valence-corrected chi connectivity index (χ1v) is 10.2. The van der Waals surface area contributed by atoms with Crippen LogP contribution in [0.3, 0.4) is 0 Å². The molecule has 1 aromatic heterocycles. The molecule has 5 heteroatoms. The summed E-state index contributed by atoms with van der Waals surface area (Å²) in [5.74, 6) is -0.0125. The van der Waals surface area contributed by atoms with Crippen LogP contribution in [0.4, 0.5) is 5.69 Å². The summed E-state index contributed by atoms with van der Waals surface area (Å²) in [5.41, 5.74) is 2.64. The van der Waals surface area contributed by atoms with Crippen LogP contribution in [0.25, 0.3) is 0 Å². The molecule has 5 nitrogen and oxygen atoms in total. The van der Waals surface area contributed by atoms with Crippen molar-refractivity contribution in [1.82, 2.24) is 9.88 Å². The maximum Gasteiger partial charge on any atom is 0.274 e. The highest BCUT2D eigenvalue weighted by atomic mass is 16.2. The highest BCUT2D eigenvalue weighted by Gasteiger charge is 2.26. The Bertz CT molecular complexity index is 847. The van der Waals surface area contributed by atoms with Gasteiger partial charge in [-0.25, -0.2) is 0 Å². The van der Waals surface area contributed by atoms with Crippen LogP contribution in [0, 0.1) is 0 Å². The number of nitrogens with one attached hydrogen (secondary N) is 1. The number of aromatic nitrogens is 1. The van der Waals surface area contributed by atoms with Gasteiger partial charge in [0.2, 0.25) is 0 Å². The first-order valence-electron chi connectivity index (χ1n) is 10.2. The lowest BCUT2D eigenvalue weighted by Gasteiger charge is -2.35. The van der Waals surface area contributed by atoms with E-state index in [0.29, 0.717) is 11.5 Å². The zero-order valence-electron chi connectivity index (χ0n) is 16.9. The van der Waals surface area contributed by atoms with Gasteiger partial charge >= 0.3 is 0 Å². The summed E-state index contributed by atoms with van der Waals surface area (Å²) in [4.78, 5) is 31.9. The zero-order valence-corrected chi connectivity index (χ0v) is 16.9. The molecule has 2 aromatic rings. The molecule has 2 heterocycles. The summed E-state index contributed by atoms with van der Waals surface area (Å²) < 4.78 is 0. The fourth-order valence-electron chi connectivity index (χ4n) is 3.85. The van der Waals surface area contributed by atoms with Crippen LogP contribution in [-0.4, -0.2) is 34.3 Å². The Labute approximate surface area is 167 Å². The number of carbonyl (C=O) groups excluding carboxylic acids is 2. The van der Waals surface area contributed by atoms with Gasteiger partial charge in [-0.15, -0.1) is 0 Å². The van der Waals surface area contributed by atoms with Crippen LogP contribution in [-0.2, 0) is 0 Å². The lowest BCUT2D eigenvalue weighted by molar-refractivity contribution is 0.0608. The van der Waals surface area contributed by atoms with Crippen LogP contribution < -0.4 is 5.32 Å². The minimum Gasteiger partial charge on any atom is -0.336 e. The van der Waals surface area contributed by atoms with Crippen molar-refractivity contribution in [1.29, 1.82) is 0 Å². The number of piperidine rings is 1. The van der Waals surface area contributed by atoms with Crippen molar-refractivity contribution in [2.45, 2.75) is 58.4 Å². The van der Waals surface area contributed by atoms with E-state index < -0.39 is 0 Å². The van der Waals surface area contributed by atoms with E-state index in [1.165, 1.54) is 6.42 Å². The molecule has 1 saturated heterocycles. The molecule has 3 rings (SSSR count). The second kappa shape index (κ2) is 9.00. The number of hydrogen-bond donors (Lipinski definition) is 1. The largest absolute Gasteiger partial charge is 0.336 e. The molecule has 1 N–H and O–H groups in total. The minimum absolute atomic E-state index is 0.00872. The third-order valence-electron chi connectivity index (χ3n) is 5.43. The Balaban J connectivity index is 1.79. The van der Waals surface area contributed by atoms with Gasteiger partial charge in [0.15, 0.2) is 0 Å². The van der Waals surface area contributed by atoms with Gasteiger partial charge in [0, 0.05) is 30.0 Å². The Morgan fingerprint density at radius 2 is 2.00 bits per heavy atom. The highest BCUT2D eigenvalue weighted by molar-refractivity contribution is 6.05. The smallest absolute Gasteiger partial charge is 0.274 e. The highest BCUT2D eigenvalue weighted by Crippen LogP contribution is 2.25. The maximum absolute atomic E-state index is 13.0. The average molecular weight is 380 g/mol. The summed E-state index contributed by atoms with van der Waals surface area (Å²) in [7, 11) is 0. The van der Waals surface area contributed by atoms with E-state index in [-0.39, 0.29) is 23.6 Å². The van der Waals surface area contributed by atoms with E-state index in [9.17, 15) is 9.59 Å². The number of anilines is 1. The minimum atomic E-state index is -0.298. The molecule has 1 fully saturated rings. The summed E-state index contributed by atoms with van der Waals surface area (Å²) in [6.07, 6.45) is 5.75. The molecule has 28 heavy (non-hydrogen) atoms. The zero-order chi connectivity index (χ0) is 20.1. The molecule has 1 aliphatic rings. The molecule has 1 aromatic carbocycles. The van der Waals surface area contributed by atoms with Gasteiger partial charge in [-0.2, -0.15) is 0 Å². The molecule has 0 aliphatic carbocycles. The summed E-state index contributed by atoms with van der Waals surface area (Å²) in [6, 6.07) is 11.3. The predicted molar refractivity (Wildman–Crippen MR) is 112 cm³/mol. The molecule has 148 valence electrons. The summed E-state index contributed by atoms with van der Waals surface area (Å²) >= 11 is 0. The van der Waals surface area contributed by atoms with E-state index in [1.54, 1.807) is 18.3 Å². The number of hydrogen-bond acceptors (Lipinski definition) is 3. The van der Waals surface area contributed by atoms with Crippen molar-refractivity contribution in [3.05, 3.63) is 59.4 Å². The van der Waals surface area contributed by atoms with Gasteiger partial charge in [-0.1, -0.05) is 39.0 Å². The second-order valence-electron chi connectivity index (χ2n) is 7.68. The van der Waals surface area contributed by atoms with Gasteiger partial charge in [-0.3, -0.25) is 14.6 Å². The van der Waals surface area contributed by atoms with E-state index in [4.69, 9.17) is 0 Å². The quantitative estimate of drug-likeness (QED) is 0.807. The molecule has 0 bridgehead atoms. The van der Waals surface area contributed by atoms with Gasteiger partial charge in [0.1, 0.15) is 5.69 Å². The van der Waals surface area contributed by atoms with E-state index >= 15 is 0 Å². The van der Waals surface area contributed by atoms with E-state index in [2.05, 4.69) is 31.1 Å². The SMILES string of the molecule is CCC1CCCCN1C(=O)c1ccnc(C(=O)Nc2ccccc2C(C)C)c1. The molecular weight excluding hydrogens is 350 g/mol. The lowest BCUT2D eigenvalue weighted by atomic mass is 9.99. The molecule has 0 spiro atoms. The first-order chi connectivity index (χ1) is 13.5. The maximum atomic E-state index is 13.0. The normalized spacial score (nSPS) is 16.9. The topological polar surface area (TPSA) is 62.3 Å². The second-order valence-corrected chi connectivity index (χ2v) is 7.68. The molecule has 2 amide bonds. The van der Waals surface area contributed by atoms with Gasteiger partial charge < -0.3 is 10.2 Å². The van der Waals surface area contributed by atoms with Crippen LogP contribution in [0.15, 0.2) is 42.6 Å². The fourth-order valence-corrected chi connectivity index (χ4v) is 3.85. The van der Waals surface area contributed by atoms with Crippen molar-refractivity contribution in [2.24, 2.45) is 0 Å². The predicted octanol–water partition coefficient (Wildman–Crippen LogP) is 4.86. The van der Waals surface area contributed by atoms with Crippen LogP contribution in [0.1, 0.15) is 78.8 Å². The van der Waals surface area contributed by atoms with Crippen molar-refractivity contribution in [3.63, 3.8) is 0 Å². The van der Waals surface area contributed by atoms with Crippen molar-refractivity contribution in [3.8, 4) is 0 Å². The molecule has 0 saturated carbocycles. The van der Waals surface area contributed by atoms with Crippen molar-refractivity contribution < 1.29 is 9.59 Å². The van der Waals surface area contributed by atoms with Crippen LogP contribution >= 0.6 is 0 Å². The van der Waals surface area contributed by atoms with Crippen molar-refractivity contribution >= 4 is 17.5 Å². The van der Waals surface area contributed by atoms with Crippen molar-refractivity contribution in [2.75, 3.05) is 11.9 Å². The number of likely N-dealkylation sites (tertiary alicyclic amines) is 1. The molecule has 1 aliphatic heterocycles. The number of amides is 2. The number of nitrogens with zero attached hydrogens (tertiary/aromatic N) is 2. The summed E-state index contributed by atoms with van der Waals surface area (Å²) in [6.45, 7) is 7.08. The molecule has 0 radical (unpaired) electrons. The van der Waals surface area contributed by atoms with Gasteiger partial charge in [-0.05, 0) is 55.4 Å². The third kappa shape index (κ3) is 4.41. The Morgan fingerprint density at radius 3 is 2.75 bits per heavy atom. The number of carbonyl (C=O) groups is 2. The Kier molecular flexibility index (Phi) is 6.45. The number of pyridine rings is 1. The van der Waals surface area contributed by atoms with Crippen LogP contribution in [0.2, 0.25) is 0 Å². The van der Waals surface area contributed by atoms with E-state index in [1.807, 2.05) is 29.2 Å². The lowest BCUT2D eigenvalue weighted by Crippen LogP contribution is -2.43. The van der Waals surface area contributed by atoms with Gasteiger partial charge in [0.25, 0.3) is 11.8 Å². The van der Waals surface area contributed by atoms with E-state index in [0.717, 1.165) is 37.1 Å². The number of rotatable bonds is 5. The first kappa shape index (κ1) is 20.1. The number of benzene rings is 1. The monoisotopic (exact) mass is 379 g/mol. The van der Waals surface area contributed by atoms with Gasteiger partial charge in [0.05, 0.1) is 0 Å². The molecular formula is C23H29N3O2. The van der Waals surface area contributed by atoms with Crippen LogP contribution in [0.5, 0.6) is 0 Å². The average Bonchev–Trinajstić information content (AvgIpc) is 2.73. The summed E-state index contributed by atoms with van der Waals surface area (Å²) in [5, 5.41) is 2.95. The Morgan fingerprint density at radius 1 is 1.21 bits per heavy atom. The Hall–Kier alpha value is -2.69. The molecule has 1 atom stereocenters. The molecule has 1 unspecified atom stereocenters. The third-order valence-corrected chi connectivity index (χ3v) is 5.43. The number of para-hydroxylation sites is 1.